The van der Waals surface area contributed by atoms with Crippen LogP contribution in [0.2, 0.25) is 5.02 Å². The van der Waals surface area contributed by atoms with E-state index in [4.69, 9.17) is 21.1 Å². The minimum Gasteiger partial charge on any atom is -0.495 e. The van der Waals surface area contributed by atoms with E-state index in [0.717, 1.165) is 6.54 Å². The van der Waals surface area contributed by atoms with Gasteiger partial charge in [-0.3, -0.25) is 4.90 Å². The summed E-state index contributed by atoms with van der Waals surface area (Å²) in [5, 5.41) is 0.375. The van der Waals surface area contributed by atoms with Crippen LogP contribution in [0.15, 0.2) is 23.1 Å². The fraction of sp³-hybridized carbons (Fsp3) is 0.600. The Morgan fingerprint density at radius 3 is 2.78 bits per heavy atom. The van der Waals surface area contributed by atoms with Crippen molar-refractivity contribution < 1.29 is 17.9 Å². The Morgan fingerprint density at radius 1 is 1.26 bits per heavy atom. The van der Waals surface area contributed by atoms with Crippen LogP contribution in [0.25, 0.3) is 0 Å². The number of nitrogens with zero attached hydrogens (tertiary/aromatic N) is 2. The summed E-state index contributed by atoms with van der Waals surface area (Å²) in [5.41, 5.74) is 0. The second-order valence-electron chi connectivity index (χ2n) is 6.11. The normalized spacial score (nSPS) is 26.7. The van der Waals surface area contributed by atoms with Crippen LogP contribution in [0.3, 0.4) is 0 Å². The highest BCUT2D eigenvalue weighted by atomic mass is 35.5. The predicted octanol–water partition coefficient (Wildman–Crippen LogP) is 1.30. The zero-order valence-electron chi connectivity index (χ0n) is 13.2. The van der Waals surface area contributed by atoms with E-state index in [9.17, 15) is 8.42 Å². The number of ether oxygens (including phenoxy) is 2. The summed E-state index contributed by atoms with van der Waals surface area (Å²) >= 11 is 6.00. The summed E-state index contributed by atoms with van der Waals surface area (Å²) in [6.07, 6.45) is 0. The average molecular weight is 361 g/mol. The van der Waals surface area contributed by atoms with Gasteiger partial charge in [0.15, 0.2) is 0 Å². The van der Waals surface area contributed by atoms with Crippen LogP contribution < -0.4 is 4.74 Å². The molecule has 2 saturated heterocycles. The van der Waals surface area contributed by atoms with Crippen LogP contribution in [-0.4, -0.2) is 70.7 Å². The van der Waals surface area contributed by atoms with Crippen molar-refractivity contribution in [2.24, 2.45) is 5.92 Å². The Bertz CT molecular complexity index is 682. The number of likely N-dealkylation sites (N-methyl/N-ethyl adjacent to an activating group) is 1. The number of rotatable bonds is 3. The number of hydrogen-bond donors (Lipinski definition) is 0. The van der Waals surface area contributed by atoms with Crippen molar-refractivity contribution in [1.82, 2.24) is 9.21 Å². The highest BCUT2D eigenvalue weighted by Crippen LogP contribution is 2.31. The number of fused-ring (bicyclic) bond motifs is 3. The van der Waals surface area contributed by atoms with Crippen molar-refractivity contribution in [3.63, 3.8) is 0 Å². The molecule has 2 bridgehead atoms. The maximum Gasteiger partial charge on any atom is 0.246 e. The molecule has 2 atom stereocenters. The van der Waals surface area contributed by atoms with E-state index < -0.39 is 10.0 Å². The molecule has 23 heavy (non-hydrogen) atoms. The van der Waals surface area contributed by atoms with Crippen LogP contribution in [0, 0.1) is 5.92 Å². The highest BCUT2D eigenvalue weighted by molar-refractivity contribution is 7.89. The largest absolute Gasteiger partial charge is 0.495 e. The highest BCUT2D eigenvalue weighted by Gasteiger charge is 2.38. The third kappa shape index (κ3) is 3.34. The fourth-order valence-electron chi connectivity index (χ4n) is 3.19. The number of benzene rings is 1. The van der Waals surface area contributed by atoms with E-state index in [1.165, 1.54) is 13.2 Å². The van der Waals surface area contributed by atoms with Crippen LogP contribution in [-0.2, 0) is 14.8 Å². The quantitative estimate of drug-likeness (QED) is 0.813. The van der Waals surface area contributed by atoms with Gasteiger partial charge in [0.25, 0.3) is 0 Å². The molecule has 0 N–H and O–H groups in total. The summed E-state index contributed by atoms with van der Waals surface area (Å²) in [7, 11) is -0.199. The molecule has 0 radical (unpaired) electrons. The molecule has 3 rings (SSSR count). The lowest BCUT2D eigenvalue weighted by molar-refractivity contribution is 0.0727. The summed E-state index contributed by atoms with van der Waals surface area (Å²) in [4.78, 5) is 2.30. The van der Waals surface area contributed by atoms with Crippen LogP contribution in [0.4, 0.5) is 0 Å². The summed E-state index contributed by atoms with van der Waals surface area (Å²) in [6, 6.07) is 4.72. The number of halogens is 1. The first-order chi connectivity index (χ1) is 10.9. The first kappa shape index (κ1) is 17.0. The van der Waals surface area contributed by atoms with E-state index in [-0.39, 0.29) is 16.9 Å². The summed E-state index contributed by atoms with van der Waals surface area (Å²) < 4.78 is 38.7. The molecule has 2 fully saturated rings. The van der Waals surface area contributed by atoms with Gasteiger partial charge in [0, 0.05) is 36.6 Å². The van der Waals surface area contributed by atoms with Crippen molar-refractivity contribution in [1.29, 1.82) is 0 Å². The van der Waals surface area contributed by atoms with Gasteiger partial charge >= 0.3 is 0 Å². The van der Waals surface area contributed by atoms with Gasteiger partial charge in [-0.05, 0) is 25.2 Å². The zero-order chi connectivity index (χ0) is 16.6. The first-order valence-electron chi connectivity index (χ1n) is 7.53. The lowest BCUT2D eigenvalue weighted by atomic mass is 10.1. The van der Waals surface area contributed by atoms with Crippen molar-refractivity contribution in [3.05, 3.63) is 23.2 Å². The zero-order valence-corrected chi connectivity index (χ0v) is 14.8. The van der Waals surface area contributed by atoms with Crippen molar-refractivity contribution >= 4 is 21.6 Å². The number of methoxy groups -OCH3 is 1. The number of sulfonamides is 1. The van der Waals surface area contributed by atoms with Gasteiger partial charge < -0.3 is 9.47 Å². The Labute approximate surface area is 142 Å². The van der Waals surface area contributed by atoms with E-state index >= 15 is 0 Å². The SMILES string of the molecule is COc1ccc(Cl)cc1S(=O)(=O)N1C[C@@H]2COC[C@H](C1)N(C)C2. The lowest BCUT2D eigenvalue weighted by Crippen LogP contribution is -2.44. The van der Waals surface area contributed by atoms with Crippen LogP contribution in [0.5, 0.6) is 5.75 Å². The van der Waals surface area contributed by atoms with Gasteiger partial charge in [-0.25, -0.2) is 8.42 Å². The Kier molecular flexibility index (Phi) is 4.85. The van der Waals surface area contributed by atoms with Crippen LogP contribution >= 0.6 is 11.6 Å². The molecule has 2 aliphatic rings. The van der Waals surface area contributed by atoms with Gasteiger partial charge in [-0.2, -0.15) is 4.31 Å². The maximum absolute atomic E-state index is 13.1. The minimum absolute atomic E-state index is 0.0578. The average Bonchev–Trinajstić information content (AvgIpc) is 2.75. The molecule has 0 aliphatic carbocycles. The molecule has 0 unspecified atom stereocenters. The van der Waals surface area contributed by atoms with Gasteiger partial charge in [-0.1, -0.05) is 11.6 Å². The van der Waals surface area contributed by atoms with E-state index in [1.54, 1.807) is 16.4 Å². The molecule has 0 spiro atoms. The smallest absolute Gasteiger partial charge is 0.246 e. The molecule has 2 heterocycles. The molecule has 1 aromatic carbocycles. The van der Waals surface area contributed by atoms with Crippen molar-refractivity contribution in [3.8, 4) is 5.75 Å². The molecule has 8 heteroatoms. The molecule has 1 aromatic rings. The fourth-order valence-corrected chi connectivity index (χ4v) is 5.17. The predicted molar refractivity (Wildman–Crippen MR) is 87.5 cm³/mol. The molecule has 2 aliphatic heterocycles. The standard InChI is InChI=1S/C15H21ClN2O4S/c1-17-6-11-7-18(8-13(17)10-22-9-11)23(19,20)15-5-12(16)3-4-14(15)21-2/h3-5,11,13H,6-10H2,1-2H3/t11-,13+/m1/s1. The minimum atomic E-state index is -3.67. The van der Waals surface area contributed by atoms with Gasteiger partial charge in [0.05, 0.1) is 20.3 Å². The second-order valence-corrected chi connectivity index (χ2v) is 8.46. The van der Waals surface area contributed by atoms with Crippen molar-refractivity contribution in [2.75, 3.05) is 47.0 Å². The summed E-state index contributed by atoms with van der Waals surface area (Å²) in [6.45, 7) is 2.82. The summed E-state index contributed by atoms with van der Waals surface area (Å²) in [5.74, 6) is 0.473. The Morgan fingerprint density at radius 2 is 2.04 bits per heavy atom. The molecular weight excluding hydrogens is 340 g/mol. The van der Waals surface area contributed by atoms with E-state index in [2.05, 4.69) is 4.90 Å². The Hall–Kier alpha value is -0.860. The number of hydrogen-bond acceptors (Lipinski definition) is 5. The van der Waals surface area contributed by atoms with Crippen molar-refractivity contribution in [2.45, 2.75) is 10.9 Å². The third-order valence-corrected chi connectivity index (χ3v) is 6.54. The lowest BCUT2D eigenvalue weighted by Gasteiger charge is -2.29. The van der Waals surface area contributed by atoms with Gasteiger partial charge in [0.2, 0.25) is 10.0 Å². The Balaban J connectivity index is 1.98. The molecular formula is C15H21ClN2O4S. The van der Waals surface area contributed by atoms with Gasteiger partial charge in [0.1, 0.15) is 10.6 Å². The second kappa shape index (κ2) is 6.57. The monoisotopic (exact) mass is 360 g/mol. The first-order valence-corrected chi connectivity index (χ1v) is 9.35. The van der Waals surface area contributed by atoms with E-state index in [0.29, 0.717) is 37.1 Å². The van der Waals surface area contributed by atoms with Gasteiger partial charge in [-0.15, -0.1) is 0 Å². The molecule has 128 valence electrons. The van der Waals surface area contributed by atoms with E-state index in [1.807, 2.05) is 7.05 Å². The maximum atomic E-state index is 13.1. The third-order valence-electron chi connectivity index (χ3n) is 4.45. The molecule has 0 aromatic heterocycles. The molecule has 6 nitrogen and oxygen atoms in total. The topological polar surface area (TPSA) is 59.1 Å². The van der Waals surface area contributed by atoms with Crippen LogP contribution in [0.1, 0.15) is 0 Å². The molecule has 0 saturated carbocycles. The molecule has 0 amide bonds.